The van der Waals surface area contributed by atoms with Gasteiger partial charge in [0.05, 0.1) is 11.9 Å². The molecule has 2 atom stereocenters. The van der Waals surface area contributed by atoms with Crippen molar-refractivity contribution < 1.29 is 0 Å². The molecular formula is C14H21N3. The molecule has 0 amide bonds. The van der Waals surface area contributed by atoms with Crippen LogP contribution in [-0.2, 0) is 0 Å². The van der Waals surface area contributed by atoms with E-state index < -0.39 is 0 Å². The lowest BCUT2D eigenvalue weighted by Gasteiger charge is -2.34. The molecule has 2 bridgehead atoms. The minimum Gasteiger partial charge on any atom is -0.367 e. The van der Waals surface area contributed by atoms with Gasteiger partial charge in [0.1, 0.15) is 0 Å². The lowest BCUT2D eigenvalue weighted by Crippen LogP contribution is -2.51. The van der Waals surface area contributed by atoms with E-state index in [1.165, 1.54) is 24.2 Å². The number of aromatic nitrogens is 1. The zero-order chi connectivity index (χ0) is 11.8. The third-order valence-electron chi connectivity index (χ3n) is 3.94. The van der Waals surface area contributed by atoms with Gasteiger partial charge in [0, 0.05) is 30.9 Å². The summed E-state index contributed by atoms with van der Waals surface area (Å²) in [5.74, 6) is 0.517. The SMILES string of the molecule is CC(C)c1ccc(N2CC3CCC(C2)N3)cn1. The van der Waals surface area contributed by atoms with Gasteiger partial charge in [-0.3, -0.25) is 4.98 Å². The van der Waals surface area contributed by atoms with Crippen LogP contribution in [-0.4, -0.2) is 30.2 Å². The third-order valence-corrected chi connectivity index (χ3v) is 3.94. The Balaban J connectivity index is 1.75. The van der Waals surface area contributed by atoms with Crippen molar-refractivity contribution in [1.29, 1.82) is 0 Å². The van der Waals surface area contributed by atoms with Crippen LogP contribution in [0.5, 0.6) is 0 Å². The molecule has 2 saturated heterocycles. The first-order valence-corrected chi connectivity index (χ1v) is 6.69. The van der Waals surface area contributed by atoms with Gasteiger partial charge < -0.3 is 10.2 Å². The van der Waals surface area contributed by atoms with E-state index >= 15 is 0 Å². The molecular weight excluding hydrogens is 210 g/mol. The van der Waals surface area contributed by atoms with E-state index in [9.17, 15) is 0 Å². The fourth-order valence-corrected chi connectivity index (χ4v) is 2.93. The molecule has 3 heterocycles. The lowest BCUT2D eigenvalue weighted by molar-refractivity contribution is 0.465. The standard InChI is InChI=1S/C14H21N3/c1-10(2)14-6-5-13(7-15-14)17-8-11-3-4-12(9-17)16-11/h5-7,10-12,16H,3-4,8-9H2,1-2H3. The highest BCUT2D eigenvalue weighted by Gasteiger charge is 2.32. The molecule has 2 aliphatic heterocycles. The second-order valence-corrected chi connectivity index (χ2v) is 5.64. The van der Waals surface area contributed by atoms with Crippen molar-refractivity contribution in [2.45, 2.75) is 44.7 Å². The van der Waals surface area contributed by atoms with Crippen LogP contribution >= 0.6 is 0 Å². The number of anilines is 1. The molecule has 2 aliphatic rings. The van der Waals surface area contributed by atoms with Crippen LogP contribution in [0.3, 0.4) is 0 Å². The summed E-state index contributed by atoms with van der Waals surface area (Å²) in [6.07, 6.45) is 4.71. The molecule has 0 spiro atoms. The summed E-state index contributed by atoms with van der Waals surface area (Å²) in [6.45, 7) is 6.65. The summed E-state index contributed by atoms with van der Waals surface area (Å²) < 4.78 is 0. The molecule has 1 aromatic rings. The summed E-state index contributed by atoms with van der Waals surface area (Å²) >= 11 is 0. The van der Waals surface area contributed by atoms with Gasteiger partial charge in [0.15, 0.2) is 0 Å². The molecule has 0 radical (unpaired) electrons. The highest BCUT2D eigenvalue weighted by Crippen LogP contribution is 2.25. The summed E-state index contributed by atoms with van der Waals surface area (Å²) in [4.78, 5) is 7.04. The van der Waals surface area contributed by atoms with E-state index in [1.807, 2.05) is 6.20 Å². The Hall–Kier alpha value is -1.09. The van der Waals surface area contributed by atoms with Gasteiger partial charge in [-0.05, 0) is 30.9 Å². The molecule has 2 unspecified atom stereocenters. The summed E-state index contributed by atoms with van der Waals surface area (Å²) in [7, 11) is 0. The molecule has 3 nitrogen and oxygen atoms in total. The largest absolute Gasteiger partial charge is 0.367 e. The van der Waals surface area contributed by atoms with E-state index in [2.05, 4.69) is 41.2 Å². The molecule has 17 heavy (non-hydrogen) atoms. The van der Waals surface area contributed by atoms with Crippen LogP contribution in [0.1, 0.15) is 38.3 Å². The minimum absolute atomic E-state index is 0.517. The average molecular weight is 231 g/mol. The van der Waals surface area contributed by atoms with Crippen molar-refractivity contribution >= 4 is 5.69 Å². The maximum absolute atomic E-state index is 4.56. The lowest BCUT2D eigenvalue weighted by atomic mass is 10.1. The first-order valence-electron chi connectivity index (χ1n) is 6.69. The van der Waals surface area contributed by atoms with E-state index in [-0.39, 0.29) is 0 Å². The second kappa shape index (κ2) is 4.30. The number of pyridine rings is 1. The van der Waals surface area contributed by atoms with Gasteiger partial charge in [-0.15, -0.1) is 0 Å². The van der Waals surface area contributed by atoms with Crippen molar-refractivity contribution in [2.24, 2.45) is 0 Å². The zero-order valence-electron chi connectivity index (χ0n) is 10.7. The monoisotopic (exact) mass is 231 g/mol. The summed E-state index contributed by atoms with van der Waals surface area (Å²) in [5.41, 5.74) is 2.47. The third kappa shape index (κ3) is 2.16. The maximum atomic E-state index is 4.56. The highest BCUT2D eigenvalue weighted by molar-refractivity contribution is 5.46. The van der Waals surface area contributed by atoms with Gasteiger partial charge in [-0.2, -0.15) is 0 Å². The molecule has 3 rings (SSSR count). The predicted octanol–water partition coefficient (Wildman–Crippen LogP) is 2.15. The fourth-order valence-electron chi connectivity index (χ4n) is 2.93. The van der Waals surface area contributed by atoms with E-state index in [4.69, 9.17) is 0 Å². The normalized spacial score (nSPS) is 27.8. The van der Waals surface area contributed by atoms with Crippen LogP contribution in [0, 0.1) is 0 Å². The van der Waals surface area contributed by atoms with Crippen LogP contribution in [0.2, 0.25) is 0 Å². The summed E-state index contributed by atoms with van der Waals surface area (Å²) in [5, 5.41) is 3.66. The Morgan fingerprint density at radius 3 is 2.47 bits per heavy atom. The number of rotatable bonds is 2. The molecule has 0 aliphatic carbocycles. The molecule has 1 aromatic heterocycles. The molecule has 0 saturated carbocycles. The van der Waals surface area contributed by atoms with Gasteiger partial charge in [-0.25, -0.2) is 0 Å². The Morgan fingerprint density at radius 1 is 1.24 bits per heavy atom. The van der Waals surface area contributed by atoms with Gasteiger partial charge in [0.2, 0.25) is 0 Å². The van der Waals surface area contributed by atoms with Crippen molar-refractivity contribution in [3.8, 4) is 0 Å². The van der Waals surface area contributed by atoms with E-state index in [1.54, 1.807) is 0 Å². The smallest absolute Gasteiger partial charge is 0.0554 e. The number of hydrogen-bond donors (Lipinski definition) is 1. The van der Waals surface area contributed by atoms with Crippen molar-refractivity contribution in [2.75, 3.05) is 18.0 Å². The second-order valence-electron chi connectivity index (χ2n) is 5.64. The number of hydrogen-bond acceptors (Lipinski definition) is 3. The predicted molar refractivity (Wildman–Crippen MR) is 70.5 cm³/mol. The van der Waals surface area contributed by atoms with E-state index in [0.29, 0.717) is 18.0 Å². The fraction of sp³-hybridized carbons (Fsp3) is 0.643. The summed E-state index contributed by atoms with van der Waals surface area (Å²) in [6, 6.07) is 5.79. The van der Waals surface area contributed by atoms with Crippen molar-refractivity contribution in [3.63, 3.8) is 0 Å². The molecule has 0 aromatic carbocycles. The Morgan fingerprint density at radius 2 is 1.94 bits per heavy atom. The first kappa shape index (κ1) is 11.0. The van der Waals surface area contributed by atoms with Crippen molar-refractivity contribution in [3.05, 3.63) is 24.0 Å². The number of fused-ring (bicyclic) bond motifs is 2. The van der Waals surface area contributed by atoms with Crippen LogP contribution in [0.4, 0.5) is 5.69 Å². The average Bonchev–Trinajstić information content (AvgIpc) is 2.68. The molecule has 92 valence electrons. The number of piperazine rings is 1. The Labute approximate surface area is 103 Å². The highest BCUT2D eigenvalue weighted by atomic mass is 15.2. The van der Waals surface area contributed by atoms with Crippen LogP contribution in [0.15, 0.2) is 18.3 Å². The zero-order valence-corrected chi connectivity index (χ0v) is 10.7. The Bertz CT molecular complexity index is 373. The topological polar surface area (TPSA) is 28.2 Å². The van der Waals surface area contributed by atoms with Gasteiger partial charge >= 0.3 is 0 Å². The molecule has 3 heteroatoms. The quantitative estimate of drug-likeness (QED) is 0.845. The number of nitrogens with zero attached hydrogens (tertiary/aromatic N) is 2. The van der Waals surface area contributed by atoms with Crippen LogP contribution in [0.25, 0.3) is 0 Å². The maximum Gasteiger partial charge on any atom is 0.0554 e. The van der Waals surface area contributed by atoms with E-state index in [0.717, 1.165) is 13.1 Å². The van der Waals surface area contributed by atoms with Gasteiger partial charge in [-0.1, -0.05) is 13.8 Å². The van der Waals surface area contributed by atoms with Crippen molar-refractivity contribution in [1.82, 2.24) is 10.3 Å². The molecule has 2 fully saturated rings. The van der Waals surface area contributed by atoms with Crippen LogP contribution < -0.4 is 10.2 Å². The molecule has 1 N–H and O–H groups in total. The first-order chi connectivity index (χ1) is 8.22. The minimum atomic E-state index is 0.517. The van der Waals surface area contributed by atoms with Gasteiger partial charge in [0.25, 0.3) is 0 Å². The Kier molecular flexibility index (Phi) is 2.79. The number of nitrogens with one attached hydrogen (secondary N) is 1.